The number of nitrogens with one attached hydrogen (secondary N) is 1. The Morgan fingerprint density at radius 1 is 1.33 bits per heavy atom. The van der Waals surface area contributed by atoms with Crippen LogP contribution in [-0.2, 0) is 0 Å². The molecule has 0 bridgehead atoms. The van der Waals surface area contributed by atoms with Crippen LogP contribution in [0.5, 0.6) is 5.88 Å². The van der Waals surface area contributed by atoms with Gasteiger partial charge in [0.1, 0.15) is 6.10 Å². The van der Waals surface area contributed by atoms with Gasteiger partial charge in [0, 0.05) is 18.0 Å². The molecule has 3 rings (SSSR count). The molecule has 94 valence electrons. The van der Waals surface area contributed by atoms with Crippen molar-refractivity contribution in [1.29, 1.82) is 0 Å². The largest absolute Gasteiger partial charge is 0.476 e. The third-order valence-electron chi connectivity index (χ3n) is 3.42. The monoisotopic (exact) mass is 244 g/mol. The number of rotatable bonds is 2. The van der Waals surface area contributed by atoms with E-state index in [0.717, 1.165) is 24.1 Å². The molecule has 2 aromatic heterocycles. The zero-order chi connectivity index (χ0) is 12.5. The minimum atomic E-state index is -0.0377. The van der Waals surface area contributed by atoms with E-state index in [1.807, 2.05) is 13.0 Å². The SMILES string of the molecule is Cc1cc2[nH]c(OC3CCCC3)cc(=O)c2cn1. The van der Waals surface area contributed by atoms with Crippen molar-refractivity contribution in [3.8, 4) is 5.88 Å². The minimum Gasteiger partial charge on any atom is -0.476 e. The van der Waals surface area contributed by atoms with E-state index in [2.05, 4.69) is 9.97 Å². The second-order valence-corrected chi connectivity index (χ2v) is 4.89. The van der Waals surface area contributed by atoms with Gasteiger partial charge in [-0.25, -0.2) is 0 Å². The summed E-state index contributed by atoms with van der Waals surface area (Å²) in [4.78, 5) is 19.3. The van der Waals surface area contributed by atoms with Crippen molar-refractivity contribution >= 4 is 10.9 Å². The highest BCUT2D eigenvalue weighted by Gasteiger charge is 2.17. The number of hydrogen-bond acceptors (Lipinski definition) is 3. The Hall–Kier alpha value is -1.84. The summed E-state index contributed by atoms with van der Waals surface area (Å²) in [6.07, 6.45) is 6.45. The lowest BCUT2D eigenvalue weighted by Crippen LogP contribution is -2.14. The predicted octanol–water partition coefficient (Wildman–Crippen LogP) is 2.55. The molecule has 1 fully saturated rings. The highest BCUT2D eigenvalue weighted by molar-refractivity contribution is 5.78. The van der Waals surface area contributed by atoms with Gasteiger partial charge in [-0.2, -0.15) is 0 Å². The molecule has 4 heteroatoms. The molecule has 0 amide bonds. The van der Waals surface area contributed by atoms with Crippen molar-refractivity contribution < 1.29 is 4.74 Å². The molecule has 0 aromatic carbocycles. The van der Waals surface area contributed by atoms with Crippen LogP contribution in [-0.4, -0.2) is 16.1 Å². The van der Waals surface area contributed by atoms with Crippen LogP contribution >= 0.6 is 0 Å². The molecule has 1 saturated carbocycles. The van der Waals surface area contributed by atoms with Crippen LogP contribution in [0.25, 0.3) is 10.9 Å². The number of H-pyrrole nitrogens is 1. The lowest BCUT2D eigenvalue weighted by Gasteiger charge is -2.13. The first kappa shape index (κ1) is 11.3. The third-order valence-corrected chi connectivity index (χ3v) is 3.42. The van der Waals surface area contributed by atoms with Crippen molar-refractivity contribution in [1.82, 2.24) is 9.97 Å². The summed E-state index contributed by atoms with van der Waals surface area (Å²) in [6.45, 7) is 1.91. The number of nitrogens with zero attached hydrogens (tertiary/aromatic N) is 1. The van der Waals surface area contributed by atoms with Crippen molar-refractivity contribution in [3.05, 3.63) is 34.2 Å². The van der Waals surface area contributed by atoms with Crippen LogP contribution in [0.3, 0.4) is 0 Å². The van der Waals surface area contributed by atoms with E-state index < -0.39 is 0 Å². The Labute approximate surface area is 105 Å². The van der Waals surface area contributed by atoms with Gasteiger partial charge in [0.2, 0.25) is 0 Å². The van der Waals surface area contributed by atoms with Crippen molar-refractivity contribution in [2.24, 2.45) is 0 Å². The maximum atomic E-state index is 11.9. The fourth-order valence-electron chi connectivity index (χ4n) is 2.47. The second-order valence-electron chi connectivity index (χ2n) is 4.89. The number of hydrogen-bond donors (Lipinski definition) is 1. The lowest BCUT2D eigenvalue weighted by atomic mass is 10.2. The van der Waals surface area contributed by atoms with E-state index in [-0.39, 0.29) is 11.5 Å². The molecule has 0 radical (unpaired) electrons. The van der Waals surface area contributed by atoms with Gasteiger partial charge in [-0.1, -0.05) is 0 Å². The van der Waals surface area contributed by atoms with Crippen LogP contribution in [0.2, 0.25) is 0 Å². The average molecular weight is 244 g/mol. The molecule has 0 unspecified atom stereocenters. The normalized spacial score (nSPS) is 16.3. The summed E-state index contributed by atoms with van der Waals surface area (Å²) in [5, 5.41) is 0.611. The molecular weight excluding hydrogens is 228 g/mol. The molecule has 0 aliphatic heterocycles. The van der Waals surface area contributed by atoms with Gasteiger partial charge in [0.25, 0.3) is 0 Å². The molecular formula is C14H16N2O2. The first-order chi connectivity index (χ1) is 8.72. The Bertz CT molecular complexity index is 627. The number of fused-ring (bicyclic) bond motifs is 1. The van der Waals surface area contributed by atoms with Crippen LogP contribution in [0.4, 0.5) is 0 Å². The molecule has 18 heavy (non-hydrogen) atoms. The highest BCUT2D eigenvalue weighted by Crippen LogP contribution is 2.23. The van der Waals surface area contributed by atoms with E-state index in [1.165, 1.54) is 18.9 Å². The van der Waals surface area contributed by atoms with Gasteiger partial charge in [-0.3, -0.25) is 9.78 Å². The molecule has 0 spiro atoms. The van der Waals surface area contributed by atoms with Crippen molar-refractivity contribution in [2.45, 2.75) is 38.7 Å². The van der Waals surface area contributed by atoms with Gasteiger partial charge in [-0.15, -0.1) is 0 Å². The van der Waals surface area contributed by atoms with Crippen molar-refractivity contribution in [3.63, 3.8) is 0 Å². The fourth-order valence-corrected chi connectivity index (χ4v) is 2.47. The Morgan fingerprint density at radius 3 is 2.89 bits per heavy atom. The first-order valence-electron chi connectivity index (χ1n) is 6.39. The molecule has 1 aliphatic carbocycles. The number of aromatic nitrogens is 2. The molecule has 1 aliphatic rings. The maximum Gasteiger partial charge on any atom is 0.195 e. The standard InChI is InChI=1S/C14H16N2O2/c1-9-6-12-11(8-15-9)13(17)7-14(16-12)18-10-4-2-3-5-10/h6-8,10H,2-5H2,1H3,(H,16,17). The molecule has 4 nitrogen and oxygen atoms in total. The van der Waals surface area contributed by atoms with Gasteiger partial charge >= 0.3 is 0 Å². The number of aromatic amines is 1. The predicted molar refractivity (Wildman–Crippen MR) is 70.0 cm³/mol. The average Bonchev–Trinajstić information content (AvgIpc) is 2.81. The zero-order valence-electron chi connectivity index (χ0n) is 10.4. The summed E-state index contributed by atoms with van der Waals surface area (Å²) < 4.78 is 5.83. The summed E-state index contributed by atoms with van der Waals surface area (Å²) in [6, 6.07) is 3.40. The summed E-state index contributed by atoms with van der Waals surface area (Å²) >= 11 is 0. The Balaban J connectivity index is 2.00. The van der Waals surface area contributed by atoms with Gasteiger partial charge < -0.3 is 9.72 Å². The summed E-state index contributed by atoms with van der Waals surface area (Å²) in [5.41, 5.74) is 1.64. The molecule has 2 heterocycles. The van der Waals surface area contributed by atoms with Crippen molar-refractivity contribution in [2.75, 3.05) is 0 Å². The summed E-state index contributed by atoms with van der Waals surface area (Å²) in [7, 11) is 0. The lowest BCUT2D eigenvalue weighted by molar-refractivity contribution is 0.202. The van der Waals surface area contributed by atoms with Gasteiger partial charge in [-0.05, 0) is 38.7 Å². The quantitative estimate of drug-likeness (QED) is 0.883. The van der Waals surface area contributed by atoms with E-state index in [1.54, 1.807) is 6.20 Å². The minimum absolute atomic E-state index is 0.0377. The molecule has 1 N–H and O–H groups in total. The second kappa shape index (κ2) is 4.44. The third kappa shape index (κ3) is 2.10. The number of pyridine rings is 2. The van der Waals surface area contributed by atoms with E-state index in [4.69, 9.17) is 4.74 Å². The molecule has 0 atom stereocenters. The summed E-state index contributed by atoms with van der Waals surface area (Å²) in [5.74, 6) is 0.574. The number of aryl methyl sites for hydroxylation is 1. The Kier molecular flexibility index (Phi) is 2.78. The van der Waals surface area contributed by atoms with Crippen LogP contribution in [0.15, 0.2) is 23.1 Å². The fraction of sp³-hybridized carbons (Fsp3) is 0.429. The van der Waals surface area contributed by atoms with E-state index in [9.17, 15) is 4.79 Å². The van der Waals surface area contributed by atoms with E-state index >= 15 is 0 Å². The molecule has 0 saturated heterocycles. The topological polar surface area (TPSA) is 55.0 Å². The number of ether oxygens (including phenoxy) is 1. The Morgan fingerprint density at radius 2 is 2.11 bits per heavy atom. The highest BCUT2D eigenvalue weighted by atomic mass is 16.5. The van der Waals surface area contributed by atoms with E-state index in [0.29, 0.717) is 11.3 Å². The maximum absolute atomic E-state index is 11.9. The van der Waals surface area contributed by atoms with Crippen LogP contribution < -0.4 is 10.2 Å². The van der Waals surface area contributed by atoms with Crippen LogP contribution in [0, 0.1) is 6.92 Å². The first-order valence-corrected chi connectivity index (χ1v) is 6.39. The van der Waals surface area contributed by atoms with Gasteiger partial charge in [0.05, 0.1) is 10.9 Å². The van der Waals surface area contributed by atoms with Crippen LogP contribution in [0.1, 0.15) is 31.4 Å². The smallest absolute Gasteiger partial charge is 0.195 e. The van der Waals surface area contributed by atoms with Gasteiger partial charge in [0.15, 0.2) is 11.3 Å². The zero-order valence-corrected chi connectivity index (χ0v) is 10.4. The molecule has 2 aromatic rings.